The quantitative estimate of drug-likeness (QED) is 0.753. The monoisotopic (exact) mass is 394 g/mol. The fourth-order valence-corrected chi connectivity index (χ4v) is 3.34. The van der Waals surface area contributed by atoms with Gasteiger partial charge in [-0.25, -0.2) is 0 Å². The minimum atomic E-state index is -0.318. The van der Waals surface area contributed by atoms with Crippen LogP contribution in [-0.2, 0) is 4.79 Å². The number of methoxy groups -OCH3 is 2. The number of piperidine rings is 1. The Morgan fingerprint density at radius 1 is 1.00 bits per heavy atom. The molecule has 1 N–H and O–H groups in total. The number of amides is 2. The molecule has 1 heterocycles. The van der Waals surface area contributed by atoms with E-state index in [1.54, 1.807) is 50.6 Å². The predicted octanol–water partition coefficient (Wildman–Crippen LogP) is 3.98. The summed E-state index contributed by atoms with van der Waals surface area (Å²) in [7, 11) is 3.15. The van der Waals surface area contributed by atoms with E-state index < -0.39 is 0 Å². The maximum Gasteiger partial charge on any atom is 0.255 e. The zero-order valence-electron chi connectivity index (χ0n) is 16.8. The third-order valence-corrected chi connectivity index (χ3v) is 4.91. The third kappa shape index (κ3) is 5.16. The summed E-state index contributed by atoms with van der Waals surface area (Å²) in [5.74, 6) is 0.922. The van der Waals surface area contributed by atoms with Gasteiger partial charge in [0.1, 0.15) is 11.5 Å². The predicted molar refractivity (Wildman–Crippen MR) is 113 cm³/mol. The lowest BCUT2D eigenvalue weighted by atomic mass is 10.1. The Bertz CT molecular complexity index is 902. The van der Waals surface area contributed by atoms with Crippen LogP contribution in [0.2, 0.25) is 0 Å². The fourth-order valence-electron chi connectivity index (χ4n) is 3.34. The summed E-state index contributed by atoms with van der Waals surface area (Å²) >= 11 is 0. The van der Waals surface area contributed by atoms with Crippen LogP contribution < -0.4 is 14.8 Å². The summed E-state index contributed by atoms with van der Waals surface area (Å²) in [5, 5.41) is 2.82. The van der Waals surface area contributed by atoms with Gasteiger partial charge < -0.3 is 19.7 Å². The molecule has 0 spiro atoms. The first-order valence-corrected chi connectivity index (χ1v) is 9.72. The number of nitrogens with zero attached hydrogens (tertiary/aromatic N) is 1. The molecule has 1 aliphatic heterocycles. The average Bonchev–Trinajstić information content (AvgIpc) is 2.78. The topological polar surface area (TPSA) is 67.9 Å². The Morgan fingerprint density at radius 3 is 2.48 bits per heavy atom. The highest BCUT2D eigenvalue weighted by atomic mass is 16.5. The molecule has 0 atom stereocenters. The largest absolute Gasteiger partial charge is 0.497 e. The number of hydrogen-bond donors (Lipinski definition) is 1. The first-order valence-electron chi connectivity index (χ1n) is 9.72. The van der Waals surface area contributed by atoms with Crippen LogP contribution in [0.25, 0.3) is 6.08 Å². The number of rotatable bonds is 6. The number of carbonyl (C=O) groups is 2. The van der Waals surface area contributed by atoms with Gasteiger partial charge >= 0.3 is 0 Å². The van der Waals surface area contributed by atoms with Crippen molar-refractivity contribution >= 4 is 23.6 Å². The molecule has 0 radical (unpaired) electrons. The number of ether oxygens (including phenoxy) is 2. The Hall–Kier alpha value is -3.28. The second kappa shape index (κ2) is 9.78. The first-order chi connectivity index (χ1) is 14.1. The number of likely N-dealkylation sites (tertiary alicyclic amines) is 1. The SMILES string of the molecule is COc1ccc(/C=C/C(=O)Nc2ccccc2C(=O)N2CCCCC2)c(OC)c1. The molecule has 3 rings (SSSR count). The second-order valence-corrected chi connectivity index (χ2v) is 6.83. The van der Waals surface area contributed by atoms with Gasteiger partial charge in [-0.15, -0.1) is 0 Å². The lowest BCUT2D eigenvalue weighted by Crippen LogP contribution is -2.36. The molecule has 29 heavy (non-hydrogen) atoms. The van der Waals surface area contributed by atoms with Gasteiger partial charge in [-0.05, 0) is 49.6 Å². The highest BCUT2D eigenvalue weighted by Gasteiger charge is 2.20. The zero-order valence-corrected chi connectivity index (χ0v) is 16.8. The number of hydrogen-bond acceptors (Lipinski definition) is 4. The highest BCUT2D eigenvalue weighted by Crippen LogP contribution is 2.26. The fraction of sp³-hybridized carbons (Fsp3) is 0.304. The number of nitrogens with one attached hydrogen (secondary N) is 1. The number of anilines is 1. The average molecular weight is 394 g/mol. The van der Waals surface area contributed by atoms with Crippen LogP contribution >= 0.6 is 0 Å². The van der Waals surface area contributed by atoms with Crippen molar-refractivity contribution in [3.63, 3.8) is 0 Å². The summed E-state index contributed by atoms with van der Waals surface area (Å²) in [6.07, 6.45) is 6.29. The third-order valence-electron chi connectivity index (χ3n) is 4.91. The summed E-state index contributed by atoms with van der Waals surface area (Å²) in [6.45, 7) is 1.52. The van der Waals surface area contributed by atoms with Crippen LogP contribution in [0, 0.1) is 0 Å². The van der Waals surface area contributed by atoms with E-state index in [1.807, 2.05) is 17.0 Å². The van der Waals surface area contributed by atoms with Crippen molar-refractivity contribution in [3.05, 3.63) is 59.7 Å². The van der Waals surface area contributed by atoms with Gasteiger partial charge in [0, 0.05) is 30.8 Å². The molecule has 1 saturated heterocycles. The molecule has 2 aromatic carbocycles. The van der Waals surface area contributed by atoms with Crippen molar-refractivity contribution in [1.82, 2.24) is 4.90 Å². The molecule has 6 heteroatoms. The summed E-state index contributed by atoms with van der Waals surface area (Å²) in [5.41, 5.74) is 1.78. The first kappa shape index (κ1) is 20.5. The van der Waals surface area contributed by atoms with Gasteiger partial charge in [-0.2, -0.15) is 0 Å². The summed E-state index contributed by atoms with van der Waals surface area (Å²) in [6, 6.07) is 12.5. The number of benzene rings is 2. The highest BCUT2D eigenvalue weighted by molar-refractivity contribution is 6.07. The molecule has 152 valence electrons. The molecule has 0 aliphatic carbocycles. The van der Waals surface area contributed by atoms with Crippen LogP contribution in [-0.4, -0.2) is 44.0 Å². The lowest BCUT2D eigenvalue weighted by molar-refractivity contribution is -0.111. The minimum absolute atomic E-state index is 0.0404. The lowest BCUT2D eigenvalue weighted by Gasteiger charge is -2.27. The van der Waals surface area contributed by atoms with E-state index in [0.717, 1.165) is 37.9 Å². The second-order valence-electron chi connectivity index (χ2n) is 6.83. The molecule has 2 aromatic rings. The molecule has 0 aromatic heterocycles. The summed E-state index contributed by atoms with van der Waals surface area (Å²) < 4.78 is 10.5. The van der Waals surface area contributed by atoms with Crippen molar-refractivity contribution < 1.29 is 19.1 Å². The van der Waals surface area contributed by atoms with E-state index in [2.05, 4.69) is 5.32 Å². The maximum atomic E-state index is 12.9. The normalized spacial score (nSPS) is 13.9. The number of carbonyl (C=O) groups excluding carboxylic acids is 2. The molecular formula is C23H26N2O4. The van der Waals surface area contributed by atoms with Gasteiger partial charge in [0.25, 0.3) is 5.91 Å². The summed E-state index contributed by atoms with van der Waals surface area (Å²) in [4.78, 5) is 27.2. The van der Waals surface area contributed by atoms with Gasteiger partial charge in [-0.1, -0.05) is 12.1 Å². The Balaban J connectivity index is 1.73. The van der Waals surface area contributed by atoms with Gasteiger partial charge in [0.05, 0.1) is 25.5 Å². The van der Waals surface area contributed by atoms with Crippen molar-refractivity contribution in [2.75, 3.05) is 32.6 Å². The van der Waals surface area contributed by atoms with Gasteiger partial charge in [0.2, 0.25) is 5.91 Å². The van der Waals surface area contributed by atoms with Crippen molar-refractivity contribution in [2.24, 2.45) is 0 Å². The van der Waals surface area contributed by atoms with E-state index >= 15 is 0 Å². The van der Waals surface area contributed by atoms with E-state index in [9.17, 15) is 9.59 Å². The van der Waals surface area contributed by atoms with Gasteiger partial charge in [-0.3, -0.25) is 9.59 Å². The molecule has 0 unspecified atom stereocenters. The molecule has 1 fully saturated rings. The minimum Gasteiger partial charge on any atom is -0.497 e. The molecule has 1 aliphatic rings. The van der Waals surface area contributed by atoms with Gasteiger partial charge in [0.15, 0.2) is 0 Å². The van der Waals surface area contributed by atoms with E-state index in [-0.39, 0.29) is 11.8 Å². The molecule has 2 amide bonds. The van der Waals surface area contributed by atoms with Crippen LogP contribution in [0.5, 0.6) is 11.5 Å². The smallest absolute Gasteiger partial charge is 0.255 e. The Labute approximate surface area is 171 Å². The van der Waals surface area contributed by atoms with E-state index in [4.69, 9.17) is 9.47 Å². The van der Waals surface area contributed by atoms with Crippen LogP contribution in [0.3, 0.4) is 0 Å². The van der Waals surface area contributed by atoms with Crippen LogP contribution in [0.4, 0.5) is 5.69 Å². The molecule has 6 nitrogen and oxygen atoms in total. The maximum absolute atomic E-state index is 12.9. The molecule has 0 saturated carbocycles. The van der Waals surface area contributed by atoms with E-state index in [1.165, 1.54) is 6.08 Å². The van der Waals surface area contributed by atoms with Crippen molar-refractivity contribution in [3.8, 4) is 11.5 Å². The molecular weight excluding hydrogens is 368 g/mol. The van der Waals surface area contributed by atoms with Crippen molar-refractivity contribution in [2.45, 2.75) is 19.3 Å². The Kier molecular flexibility index (Phi) is 6.89. The van der Waals surface area contributed by atoms with Crippen LogP contribution in [0.15, 0.2) is 48.5 Å². The standard InChI is InChI=1S/C23H26N2O4/c1-28-18-12-10-17(21(16-18)29-2)11-13-22(26)24-20-9-5-4-8-19(20)23(27)25-14-6-3-7-15-25/h4-5,8-13,16H,3,6-7,14-15H2,1-2H3,(H,24,26)/b13-11+. The molecule has 0 bridgehead atoms. The van der Waals surface area contributed by atoms with Crippen molar-refractivity contribution in [1.29, 1.82) is 0 Å². The Morgan fingerprint density at radius 2 is 1.76 bits per heavy atom. The van der Waals surface area contributed by atoms with E-state index in [0.29, 0.717) is 22.7 Å². The zero-order chi connectivity index (χ0) is 20.6. The van der Waals surface area contributed by atoms with Crippen LogP contribution in [0.1, 0.15) is 35.2 Å². The number of para-hydroxylation sites is 1.